The van der Waals surface area contributed by atoms with Crippen molar-refractivity contribution in [2.45, 2.75) is 46.0 Å². The molecule has 3 nitrogen and oxygen atoms in total. The molecule has 0 aromatic rings. The summed E-state index contributed by atoms with van der Waals surface area (Å²) in [7, 11) is 0. The van der Waals surface area contributed by atoms with Crippen LogP contribution in [0.15, 0.2) is 0 Å². The highest BCUT2D eigenvalue weighted by atomic mass is 16.1. The maximum atomic E-state index is 12.0. The van der Waals surface area contributed by atoms with Crippen molar-refractivity contribution < 1.29 is 4.79 Å². The molecule has 3 saturated carbocycles. The van der Waals surface area contributed by atoms with Gasteiger partial charge in [0.1, 0.15) is 0 Å². The Hall–Kier alpha value is -0.570. The summed E-state index contributed by atoms with van der Waals surface area (Å²) in [6.07, 6.45) is 5.98. The standard InChI is InChI=1S/C16H28N2O/c1-16(2)13-4-3-12(14(16)8-13)10-18-15(19)7-11-5-6-17-9-11/h11-14,17H,3-10H2,1-2H3,(H,18,19)/t11?,12-,13-,14-/m0/s1. The van der Waals surface area contributed by atoms with Gasteiger partial charge < -0.3 is 10.6 Å². The van der Waals surface area contributed by atoms with Gasteiger partial charge in [0.15, 0.2) is 0 Å². The van der Waals surface area contributed by atoms with Crippen molar-refractivity contribution in [2.24, 2.45) is 29.1 Å². The van der Waals surface area contributed by atoms with Crippen LogP contribution in [0.2, 0.25) is 0 Å². The summed E-state index contributed by atoms with van der Waals surface area (Å²) in [5.41, 5.74) is 0.531. The van der Waals surface area contributed by atoms with Crippen molar-refractivity contribution in [2.75, 3.05) is 19.6 Å². The molecular formula is C16H28N2O. The van der Waals surface area contributed by atoms with Gasteiger partial charge in [0, 0.05) is 13.0 Å². The lowest BCUT2D eigenvalue weighted by Gasteiger charge is -2.60. The number of rotatable bonds is 4. The highest BCUT2D eigenvalue weighted by Gasteiger charge is 2.53. The van der Waals surface area contributed by atoms with Gasteiger partial charge in [-0.05, 0) is 67.9 Å². The van der Waals surface area contributed by atoms with Crippen LogP contribution in [0.1, 0.15) is 46.0 Å². The van der Waals surface area contributed by atoms with Gasteiger partial charge in [0.2, 0.25) is 5.91 Å². The molecule has 4 fully saturated rings. The number of carbonyl (C=O) groups is 1. The van der Waals surface area contributed by atoms with Crippen LogP contribution in [0.5, 0.6) is 0 Å². The van der Waals surface area contributed by atoms with E-state index in [9.17, 15) is 4.79 Å². The van der Waals surface area contributed by atoms with E-state index >= 15 is 0 Å². The number of hydrogen-bond donors (Lipinski definition) is 2. The van der Waals surface area contributed by atoms with Crippen LogP contribution in [-0.2, 0) is 4.79 Å². The molecule has 1 unspecified atom stereocenters. The van der Waals surface area contributed by atoms with E-state index in [2.05, 4.69) is 24.5 Å². The first kappa shape index (κ1) is 13.4. The van der Waals surface area contributed by atoms with Gasteiger partial charge in [0.05, 0.1) is 0 Å². The third-order valence-electron chi connectivity index (χ3n) is 6.20. The van der Waals surface area contributed by atoms with Gasteiger partial charge >= 0.3 is 0 Å². The lowest BCUT2D eigenvalue weighted by atomic mass is 9.45. The summed E-state index contributed by atoms with van der Waals surface area (Å²) in [6, 6.07) is 0. The van der Waals surface area contributed by atoms with Crippen LogP contribution in [-0.4, -0.2) is 25.5 Å². The van der Waals surface area contributed by atoms with Gasteiger partial charge in [-0.2, -0.15) is 0 Å². The Balaban J connectivity index is 1.43. The highest BCUT2D eigenvalue weighted by Crippen LogP contribution is 2.61. The smallest absolute Gasteiger partial charge is 0.220 e. The fourth-order valence-electron chi connectivity index (χ4n) is 4.67. The molecule has 0 radical (unpaired) electrons. The fourth-order valence-corrected chi connectivity index (χ4v) is 4.67. The second-order valence-corrected chi connectivity index (χ2v) is 7.56. The van der Waals surface area contributed by atoms with Gasteiger partial charge in [0.25, 0.3) is 0 Å². The molecular weight excluding hydrogens is 236 g/mol. The molecule has 4 aliphatic rings. The number of nitrogens with one attached hydrogen (secondary N) is 2. The molecule has 0 aromatic heterocycles. The Labute approximate surface area is 116 Å². The third-order valence-corrected chi connectivity index (χ3v) is 6.20. The lowest BCUT2D eigenvalue weighted by Crippen LogP contribution is -2.54. The molecule has 0 spiro atoms. The Morgan fingerprint density at radius 3 is 2.79 bits per heavy atom. The monoisotopic (exact) mass is 264 g/mol. The van der Waals surface area contributed by atoms with Gasteiger partial charge in [-0.3, -0.25) is 4.79 Å². The molecule has 3 heteroatoms. The molecule has 0 aromatic carbocycles. The molecule has 1 heterocycles. The Morgan fingerprint density at radius 2 is 2.16 bits per heavy atom. The number of carbonyl (C=O) groups excluding carboxylic acids is 1. The van der Waals surface area contributed by atoms with Gasteiger partial charge in [-0.1, -0.05) is 13.8 Å². The molecule has 1 amide bonds. The van der Waals surface area contributed by atoms with E-state index in [1.54, 1.807) is 0 Å². The summed E-state index contributed by atoms with van der Waals surface area (Å²) in [5.74, 6) is 3.36. The number of amides is 1. The van der Waals surface area contributed by atoms with Gasteiger partial charge in [-0.25, -0.2) is 0 Å². The quantitative estimate of drug-likeness (QED) is 0.817. The van der Waals surface area contributed by atoms with Crippen LogP contribution in [0.3, 0.4) is 0 Å². The van der Waals surface area contributed by atoms with E-state index in [0.717, 1.165) is 50.2 Å². The van der Waals surface area contributed by atoms with Crippen LogP contribution in [0.4, 0.5) is 0 Å². The minimum atomic E-state index is 0.271. The van der Waals surface area contributed by atoms with Crippen molar-refractivity contribution in [3.63, 3.8) is 0 Å². The topological polar surface area (TPSA) is 41.1 Å². The molecule has 4 rings (SSSR count). The van der Waals surface area contributed by atoms with E-state index in [4.69, 9.17) is 0 Å². The van der Waals surface area contributed by atoms with Crippen molar-refractivity contribution in [1.82, 2.24) is 10.6 Å². The second-order valence-electron chi connectivity index (χ2n) is 7.56. The average Bonchev–Trinajstić information content (AvgIpc) is 2.89. The van der Waals surface area contributed by atoms with E-state index in [1.165, 1.54) is 19.3 Å². The highest BCUT2D eigenvalue weighted by molar-refractivity contribution is 5.76. The summed E-state index contributed by atoms with van der Waals surface area (Å²) >= 11 is 0. The van der Waals surface area contributed by atoms with Crippen LogP contribution < -0.4 is 10.6 Å². The molecule has 108 valence electrons. The number of hydrogen-bond acceptors (Lipinski definition) is 2. The van der Waals surface area contributed by atoms with Crippen LogP contribution >= 0.6 is 0 Å². The van der Waals surface area contributed by atoms with Gasteiger partial charge in [-0.15, -0.1) is 0 Å². The third kappa shape index (κ3) is 2.54. The Morgan fingerprint density at radius 1 is 1.32 bits per heavy atom. The first-order valence-electron chi connectivity index (χ1n) is 8.05. The zero-order chi connectivity index (χ0) is 13.5. The molecule has 1 aliphatic heterocycles. The lowest BCUT2D eigenvalue weighted by molar-refractivity contribution is -0.125. The first-order valence-corrected chi connectivity index (χ1v) is 8.05. The molecule has 2 bridgehead atoms. The second kappa shape index (κ2) is 5.08. The maximum absolute atomic E-state index is 12.0. The van der Waals surface area contributed by atoms with E-state index in [-0.39, 0.29) is 5.91 Å². The van der Waals surface area contributed by atoms with Crippen molar-refractivity contribution >= 4 is 5.91 Å². The van der Waals surface area contributed by atoms with E-state index in [0.29, 0.717) is 11.3 Å². The Bertz CT molecular complexity index is 345. The minimum absolute atomic E-state index is 0.271. The molecule has 4 atom stereocenters. The molecule has 19 heavy (non-hydrogen) atoms. The maximum Gasteiger partial charge on any atom is 0.220 e. The molecule has 3 aliphatic carbocycles. The molecule has 1 saturated heterocycles. The zero-order valence-electron chi connectivity index (χ0n) is 12.4. The van der Waals surface area contributed by atoms with E-state index in [1.807, 2.05) is 0 Å². The summed E-state index contributed by atoms with van der Waals surface area (Å²) in [6.45, 7) is 7.86. The fraction of sp³-hybridized carbons (Fsp3) is 0.938. The predicted octanol–water partition coefficient (Wildman–Crippen LogP) is 2.17. The summed E-state index contributed by atoms with van der Waals surface area (Å²) in [4.78, 5) is 12.0. The SMILES string of the molecule is CC1(C)[C@H]2CC[C@@H](CNC(=O)CC3CCNC3)[C@@H]1C2. The number of fused-ring (bicyclic) bond motifs is 2. The normalized spacial score (nSPS) is 39.7. The average molecular weight is 264 g/mol. The minimum Gasteiger partial charge on any atom is -0.356 e. The van der Waals surface area contributed by atoms with E-state index < -0.39 is 0 Å². The van der Waals surface area contributed by atoms with Crippen LogP contribution in [0.25, 0.3) is 0 Å². The first-order chi connectivity index (χ1) is 9.07. The largest absolute Gasteiger partial charge is 0.356 e. The van der Waals surface area contributed by atoms with Crippen LogP contribution in [0, 0.1) is 29.1 Å². The zero-order valence-corrected chi connectivity index (χ0v) is 12.4. The van der Waals surface area contributed by atoms with Crippen molar-refractivity contribution in [1.29, 1.82) is 0 Å². The summed E-state index contributed by atoms with van der Waals surface area (Å²) in [5, 5.41) is 6.53. The summed E-state index contributed by atoms with van der Waals surface area (Å²) < 4.78 is 0. The van der Waals surface area contributed by atoms with Crippen molar-refractivity contribution in [3.8, 4) is 0 Å². The van der Waals surface area contributed by atoms with Crippen molar-refractivity contribution in [3.05, 3.63) is 0 Å². The predicted molar refractivity (Wildman–Crippen MR) is 76.7 cm³/mol. The molecule has 2 N–H and O–H groups in total. The Kier molecular flexibility index (Phi) is 3.59.